The van der Waals surface area contributed by atoms with E-state index in [1.807, 2.05) is 6.07 Å². The van der Waals surface area contributed by atoms with Gasteiger partial charge in [-0.25, -0.2) is 0 Å². The maximum atomic E-state index is 11.3. The van der Waals surface area contributed by atoms with E-state index in [-0.39, 0.29) is 21.6 Å². The number of thioether (sulfide) groups is 1. The molecule has 7 heteroatoms. The molecule has 1 aliphatic carbocycles. The SMILES string of the molecule is COC(=O)CSC(=N)N(Cc1ccc(C2CC2)c2ccccc12)C(=N)Br. The first-order chi connectivity index (χ1) is 12.5. The van der Waals surface area contributed by atoms with Gasteiger partial charge in [0.2, 0.25) is 0 Å². The molecule has 0 saturated heterocycles. The van der Waals surface area contributed by atoms with Crippen LogP contribution in [0.1, 0.15) is 29.9 Å². The van der Waals surface area contributed by atoms with Crippen LogP contribution in [0.25, 0.3) is 10.8 Å². The third-order valence-electron chi connectivity index (χ3n) is 4.43. The fourth-order valence-corrected chi connectivity index (χ4v) is 4.04. The minimum Gasteiger partial charge on any atom is -0.468 e. The van der Waals surface area contributed by atoms with Crippen LogP contribution in [-0.4, -0.2) is 33.6 Å². The maximum Gasteiger partial charge on any atom is 0.316 e. The highest BCUT2D eigenvalue weighted by molar-refractivity contribution is 9.18. The molecule has 3 rings (SSSR count). The topological polar surface area (TPSA) is 77.2 Å². The number of hydrogen-bond donors (Lipinski definition) is 2. The smallest absolute Gasteiger partial charge is 0.316 e. The van der Waals surface area contributed by atoms with Gasteiger partial charge in [0.05, 0.1) is 19.4 Å². The van der Waals surface area contributed by atoms with Gasteiger partial charge in [0, 0.05) is 0 Å². The Hall–Kier alpha value is -1.86. The quantitative estimate of drug-likeness (QED) is 0.310. The van der Waals surface area contributed by atoms with Crippen molar-refractivity contribution in [3.05, 3.63) is 47.5 Å². The molecule has 0 aromatic heterocycles. The molecule has 0 amide bonds. The Labute approximate surface area is 165 Å². The van der Waals surface area contributed by atoms with Crippen LogP contribution in [0, 0.1) is 10.8 Å². The summed E-state index contributed by atoms with van der Waals surface area (Å²) < 4.78 is 4.71. The molecule has 0 heterocycles. The number of methoxy groups -OCH3 is 1. The predicted octanol–water partition coefficient (Wildman–Crippen LogP) is 4.69. The standard InChI is InChI=1S/C19H20BrN3O2S/c1-25-17(24)11-26-19(22)23(18(20)21)10-13-8-9-15(12-6-7-12)16-5-3-2-4-14(13)16/h2-5,8-9,12,21-22H,6-7,10-11H2,1H3. The lowest BCUT2D eigenvalue weighted by molar-refractivity contribution is -0.137. The Morgan fingerprint density at radius 1 is 1.23 bits per heavy atom. The maximum absolute atomic E-state index is 11.3. The monoisotopic (exact) mass is 433 g/mol. The van der Waals surface area contributed by atoms with Crippen molar-refractivity contribution in [3.8, 4) is 0 Å². The minimum atomic E-state index is -0.389. The molecule has 2 aromatic rings. The van der Waals surface area contributed by atoms with Gasteiger partial charge in [-0.3, -0.25) is 20.5 Å². The van der Waals surface area contributed by atoms with Crippen molar-refractivity contribution in [3.63, 3.8) is 0 Å². The summed E-state index contributed by atoms with van der Waals surface area (Å²) in [6, 6.07) is 12.6. The van der Waals surface area contributed by atoms with Crippen LogP contribution in [0.2, 0.25) is 0 Å². The second-order valence-electron chi connectivity index (χ2n) is 6.18. The van der Waals surface area contributed by atoms with Gasteiger partial charge in [-0.1, -0.05) is 48.2 Å². The van der Waals surface area contributed by atoms with Crippen molar-refractivity contribution < 1.29 is 9.53 Å². The molecule has 0 spiro atoms. The highest BCUT2D eigenvalue weighted by Gasteiger charge is 2.26. The first kappa shape index (κ1) is 18.9. The molecule has 0 atom stereocenters. The zero-order chi connectivity index (χ0) is 18.7. The van der Waals surface area contributed by atoms with Crippen LogP contribution in [0.3, 0.4) is 0 Å². The van der Waals surface area contributed by atoms with E-state index >= 15 is 0 Å². The first-order valence-electron chi connectivity index (χ1n) is 8.31. The molecule has 1 saturated carbocycles. The largest absolute Gasteiger partial charge is 0.468 e. The molecule has 0 aliphatic heterocycles. The van der Waals surface area contributed by atoms with Crippen LogP contribution in [0.15, 0.2) is 36.4 Å². The summed E-state index contributed by atoms with van der Waals surface area (Å²) in [4.78, 5) is 12.9. The highest BCUT2D eigenvalue weighted by Crippen LogP contribution is 2.43. The van der Waals surface area contributed by atoms with Gasteiger partial charge in [0.25, 0.3) is 0 Å². The minimum absolute atomic E-state index is 0.0491. The lowest BCUT2D eigenvalue weighted by atomic mass is 9.97. The van der Waals surface area contributed by atoms with Crippen molar-refractivity contribution in [2.75, 3.05) is 12.9 Å². The lowest BCUT2D eigenvalue weighted by Gasteiger charge is -2.23. The van der Waals surface area contributed by atoms with Crippen LogP contribution in [-0.2, 0) is 16.1 Å². The van der Waals surface area contributed by atoms with E-state index in [1.54, 1.807) is 0 Å². The number of amidine groups is 2. The van der Waals surface area contributed by atoms with E-state index < -0.39 is 0 Å². The number of fused-ring (bicyclic) bond motifs is 1. The molecule has 2 N–H and O–H groups in total. The number of esters is 1. The van der Waals surface area contributed by atoms with Gasteiger partial charge in [-0.15, -0.1) is 0 Å². The number of benzene rings is 2. The Morgan fingerprint density at radius 3 is 2.54 bits per heavy atom. The van der Waals surface area contributed by atoms with E-state index in [1.165, 1.54) is 35.8 Å². The average Bonchev–Trinajstić information content (AvgIpc) is 3.48. The highest BCUT2D eigenvalue weighted by atomic mass is 79.9. The number of nitrogens with one attached hydrogen (secondary N) is 2. The van der Waals surface area contributed by atoms with Crippen molar-refractivity contribution in [2.45, 2.75) is 25.3 Å². The third-order valence-corrected chi connectivity index (χ3v) is 5.73. The van der Waals surface area contributed by atoms with Crippen LogP contribution in [0.4, 0.5) is 0 Å². The summed E-state index contributed by atoms with van der Waals surface area (Å²) in [5.74, 6) is 0.321. The number of carbonyl (C=O) groups is 1. The van der Waals surface area contributed by atoms with Crippen molar-refractivity contribution in [1.29, 1.82) is 10.8 Å². The number of carbonyl (C=O) groups excluding carboxylic acids is 1. The molecule has 0 bridgehead atoms. The van der Waals surface area contributed by atoms with E-state index in [0.29, 0.717) is 12.5 Å². The van der Waals surface area contributed by atoms with Gasteiger partial charge in [0.1, 0.15) is 0 Å². The second kappa shape index (κ2) is 8.22. The van der Waals surface area contributed by atoms with E-state index in [9.17, 15) is 4.79 Å². The van der Waals surface area contributed by atoms with Crippen molar-refractivity contribution >= 4 is 54.3 Å². The van der Waals surface area contributed by atoms with Crippen LogP contribution < -0.4 is 0 Å². The lowest BCUT2D eigenvalue weighted by Crippen LogP contribution is -2.31. The molecule has 1 aliphatic rings. The zero-order valence-electron chi connectivity index (χ0n) is 14.4. The molecule has 136 valence electrons. The molecule has 2 aromatic carbocycles. The Kier molecular flexibility index (Phi) is 5.98. The number of nitrogens with zero attached hydrogens (tertiary/aromatic N) is 1. The zero-order valence-corrected chi connectivity index (χ0v) is 16.8. The summed E-state index contributed by atoms with van der Waals surface area (Å²) in [5.41, 5.74) is 2.44. The summed E-state index contributed by atoms with van der Waals surface area (Å²) >= 11 is 4.23. The summed E-state index contributed by atoms with van der Waals surface area (Å²) in [6.07, 6.45) is 2.49. The Bertz CT molecular complexity index is 867. The van der Waals surface area contributed by atoms with Crippen LogP contribution >= 0.6 is 27.7 Å². The Morgan fingerprint density at radius 2 is 1.92 bits per heavy atom. The Balaban J connectivity index is 1.85. The molecular weight excluding hydrogens is 414 g/mol. The third kappa shape index (κ3) is 4.27. The number of ether oxygens (including phenoxy) is 1. The van der Waals surface area contributed by atoms with Gasteiger partial charge in [-0.05, 0) is 56.6 Å². The average molecular weight is 434 g/mol. The van der Waals surface area contributed by atoms with Gasteiger partial charge < -0.3 is 4.74 Å². The summed E-state index contributed by atoms with van der Waals surface area (Å²) in [6.45, 7) is 0.391. The van der Waals surface area contributed by atoms with E-state index in [2.05, 4.69) is 51.0 Å². The van der Waals surface area contributed by atoms with Gasteiger partial charge in [0.15, 0.2) is 9.91 Å². The molecule has 1 fully saturated rings. The van der Waals surface area contributed by atoms with E-state index in [4.69, 9.17) is 10.8 Å². The summed E-state index contributed by atoms with van der Waals surface area (Å²) in [7, 11) is 1.32. The second-order valence-corrected chi connectivity index (χ2v) is 7.90. The van der Waals surface area contributed by atoms with Gasteiger partial charge >= 0.3 is 5.97 Å². The first-order valence-corrected chi connectivity index (χ1v) is 10.1. The number of hydrogen-bond acceptors (Lipinski definition) is 5. The molecule has 5 nitrogen and oxygen atoms in total. The van der Waals surface area contributed by atoms with Crippen molar-refractivity contribution in [1.82, 2.24) is 4.90 Å². The summed E-state index contributed by atoms with van der Waals surface area (Å²) in [5, 5.41) is 18.7. The van der Waals surface area contributed by atoms with Gasteiger partial charge in [-0.2, -0.15) is 0 Å². The number of rotatable bonds is 5. The van der Waals surface area contributed by atoms with Crippen molar-refractivity contribution in [2.24, 2.45) is 0 Å². The molecule has 26 heavy (non-hydrogen) atoms. The molecule has 0 unspecified atom stereocenters. The fourth-order valence-electron chi connectivity index (χ4n) is 2.94. The molecule has 0 radical (unpaired) electrons. The number of halogens is 1. The fraction of sp³-hybridized carbons (Fsp3) is 0.316. The molecular formula is C19H20BrN3O2S. The van der Waals surface area contributed by atoms with E-state index in [0.717, 1.165) is 22.7 Å². The predicted molar refractivity (Wildman–Crippen MR) is 110 cm³/mol. The normalized spacial score (nSPS) is 13.5. The van der Waals surface area contributed by atoms with Crippen LogP contribution in [0.5, 0.6) is 0 Å².